The number of carbonyl (C=O) groups excluding carboxylic acids is 2. The first-order valence-electron chi connectivity index (χ1n) is 10.3. The highest BCUT2D eigenvalue weighted by Gasteiger charge is 2.26. The van der Waals surface area contributed by atoms with Gasteiger partial charge in [-0.05, 0) is 61.0 Å². The van der Waals surface area contributed by atoms with Gasteiger partial charge in [0.1, 0.15) is 0 Å². The van der Waals surface area contributed by atoms with E-state index < -0.39 is 17.2 Å². The molecule has 3 aromatic rings. The zero-order valence-electron chi connectivity index (χ0n) is 18.2. The van der Waals surface area contributed by atoms with Gasteiger partial charge in [0.2, 0.25) is 11.6 Å². The molecule has 0 spiro atoms. The van der Waals surface area contributed by atoms with Crippen molar-refractivity contribution in [3.63, 3.8) is 0 Å². The zero-order chi connectivity index (χ0) is 23.1. The number of aryl methyl sites for hydroxylation is 1. The van der Waals surface area contributed by atoms with E-state index >= 15 is 0 Å². The van der Waals surface area contributed by atoms with Gasteiger partial charge in [-0.15, -0.1) is 0 Å². The van der Waals surface area contributed by atoms with Crippen LogP contribution < -0.4 is 15.1 Å². The van der Waals surface area contributed by atoms with Crippen molar-refractivity contribution in [2.75, 3.05) is 11.9 Å². The topological polar surface area (TPSA) is 108 Å². The molecule has 0 radical (unpaired) electrons. The van der Waals surface area contributed by atoms with Gasteiger partial charge in [0.05, 0.1) is 22.7 Å². The number of anilines is 1. The molecule has 3 rings (SSSR count). The summed E-state index contributed by atoms with van der Waals surface area (Å²) in [5, 5.41) is 18.3. The lowest BCUT2D eigenvalue weighted by Crippen LogP contribution is -2.36. The summed E-state index contributed by atoms with van der Waals surface area (Å²) < 4.78 is 11.4. The molecule has 1 amide bonds. The smallest absolute Gasteiger partial charge is 0.338 e. The average molecular weight is 456 g/mol. The summed E-state index contributed by atoms with van der Waals surface area (Å²) in [4.78, 5) is 24.6. The van der Waals surface area contributed by atoms with Gasteiger partial charge < -0.3 is 19.7 Å². The predicted molar refractivity (Wildman–Crippen MR) is 118 cm³/mol. The van der Waals surface area contributed by atoms with E-state index in [2.05, 4.69) is 10.6 Å². The summed E-state index contributed by atoms with van der Waals surface area (Å²) >= 11 is 1.06. The van der Waals surface area contributed by atoms with Crippen molar-refractivity contribution >= 4 is 29.3 Å². The third-order valence-electron chi connectivity index (χ3n) is 4.63. The lowest BCUT2D eigenvalue weighted by atomic mass is 10.2. The number of rotatable bonds is 9. The SMILES string of the molecule is CCCCOC(=O)c1ccc(NC(=O)C(C)Sc2c([O-])on[n+]2-c2ccc(C)cc2)cc1. The largest absolute Gasteiger partial charge is 0.538 e. The zero-order valence-corrected chi connectivity index (χ0v) is 19.0. The third-order valence-corrected chi connectivity index (χ3v) is 5.76. The number of hydrogen-bond acceptors (Lipinski definition) is 7. The van der Waals surface area contributed by atoms with E-state index in [1.54, 1.807) is 31.2 Å². The van der Waals surface area contributed by atoms with Gasteiger partial charge >= 0.3 is 5.97 Å². The molecule has 0 bridgehead atoms. The number of thioether (sulfide) groups is 1. The summed E-state index contributed by atoms with van der Waals surface area (Å²) in [5.41, 5.74) is 2.69. The average Bonchev–Trinajstić information content (AvgIpc) is 3.15. The second-order valence-corrected chi connectivity index (χ2v) is 8.56. The summed E-state index contributed by atoms with van der Waals surface area (Å²) in [5.74, 6) is -1.30. The Morgan fingerprint density at radius 1 is 1.19 bits per heavy atom. The van der Waals surface area contributed by atoms with Crippen molar-refractivity contribution in [2.45, 2.75) is 43.9 Å². The Hall–Kier alpha value is -3.33. The Labute approximate surface area is 190 Å². The number of carbonyl (C=O) groups is 2. The number of hydrogen-bond donors (Lipinski definition) is 1. The second kappa shape index (κ2) is 10.8. The highest BCUT2D eigenvalue weighted by molar-refractivity contribution is 8.00. The van der Waals surface area contributed by atoms with E-state index in [1.165, 1.54) is 4.68 Å². The van der Waals surface area contributed by atoms with Crippen LogP contribution in [0.1, 0.15) is 42.6 Å². The number of nitrogens with one attached hydrogen (secondary N) is 1. The molecule has 1 N–H and O–H groups in total. The van der Waals surface area contributed by atoms with Crippen molar-refractivity contribution in [1.29, 1.82) is 0 Å². The number of ether oxygens (including phenoxy) is 1. The molecule has 0 saturated carbocycles. The molecule has 0 aliphatic heterocycles. The molecule has 1 unspecified atom stereocenters. The second-order valence-electron chi connectivity index (χ2n) is 7.23. The molecule has 1 heterocycles. The van der Waals surface area contributed by atoms with E-state index in [0.717, 1.165) is 30.2 Å². The number of amides is 1. The van der Waals surface area contributed by atoms with Gasteiger partial charge in [0.25, 0.3) is 5.03 Å². The Morgan fingerprint density at radius 3 is 2.53 bits per heavy atom. The Bertz CT molecular complexity index is 1060. The van der Waals surface area contributed by atoms with E-state index in [1.807, 2.05) is 38.1 Å². The summed E-state index contributed by atoms with van der Waals surface area (Å²) in [7, 11) is 0. The predicted octanol–water partition coefficient (Wildman–Crippen LogP) is 3.41. The van der Waals surface area contributed by atoms with Crippen molar-refractivity contribution < 1.29 is 28.6 Å². The Morgan fingerprint density at radius 2 is 1.88 bits per heavy atom. The van der Waals surface area contributed by atoms with Gasteiger partial charge in [-0.25, -0.2) is 4.79 Å². The van der Waals surface area contributed by atoms with Crippen LogP contribution in [0.2, 0.25) is 0 Å². The maximum absolute atomic E-state index is 12.6. The van der Waals surface area contributed by atoms with Crippen LogP contribution >= 0.6 is 11.8 Å². The molecule has 0 saturated heterocycles. The fourth-order valence-electron chi connectivity index (χ4n) is 2.74. The number of aromatic nitrogens is 2. The maximum Gasteiger partial charge on any atom is 0.338 e. The first-order chi connectivity index (χ1) is 15.4. The Balaban J connectivity index is 1.63. The monoisotopic (exact) mass is 455 g/mol. The molecule has 0 aliphatic rings. The molecule has 1 atom stereocenters. The van der Waals surface area contributed by atoms with Gasteiger partial charge in [-0.2, -0.15) is 0 Å². The summed E-state index contributed by atoms with van der Waals surface area (Å²) in [6, 6.07) is 13.9. The van der Waals surface area contributed by atoms with E-state index in [-0.39, 0.29) is 10.9 Å². The van der Waals surface area contributed by atoms with Gasteiger partial charge in [-0.3, -0.25) is 4.79 Å². The lowest BCUT2D eigenvalue weighted by molar-refractivity contribution is -0.705. The molecule has 0 fully saturated rings. The number of nitrogens with zero attached hydrogens (tertiary/aromatic N) is 2. The van der Waals surface area contributed by atoms with E-state index in [0.29, 0.717) is 23.5 Å². The minimum Gasteiger partial charge on any atom is -0.538 e. The molecule has 1 aromatic heterocycles. The highest BCUT2D eigenvalue weighted by atomic mass is 32.2. The highest BCUT2D eigenvalue weighted by Crippen LogP contribution is 2.28. The molecule has 0 aliphatic carbocycles. The van der Waals surface area contributed by atoms with E-state index in [4.69, 9.17) is 9.26 Å². The number of unbranched alkanes of at least 4 members (excludes halogenated alkanes) is 1. The molecular formula is C23H25N3O5S. The lowest BCUT2D eigenvalue weighted by Gasteiger charge is -2.11. The fraction of sp³-hybridized carbons (Fsp3) is 0.304. The Kier molecular flexibility index (Phi) is 7.88. The van der Waals surface area contributed by atoms with Gasteiger partial charge in [0, 0.05) is 17.8 Å². The van der Waals surface area contributed by atoms with Gasteiger partial charge in [-0.1, -0.05) is 31.0 Å². The normalized spacial score (nSPS) is 11.7. The minimum absolute atomic E-state index is 0.210. The summed E-state index contributed by atoms with van der Waals surface area (Å²) in [6.45, 7) is 6.05. The van der Waals surface area contributed by atoms with Gasteiger partial charge in [0.15, 0.2) is 5.95 Å². The summed E-state index contributed by atoms with van der Waals surface area (Å²) in [6.07, 6.45) is 1.76. The van der Waals surface area contributed by atoms with Crippen molar-refractivity contribution in [2.24, 2.45) is 0 Å². The van der Waals surface area contributed by atoms with Crippen LogP contribution in [0, 0.1) is 6.92 Å². The first kappa shape index (κ1) is 23.3. The molecule has 32 heavy (non-hydrogen) atoms. The van der Waals surface area contributed by atoms with Crippen molar-refractivity contribution in [3.8, 4) is 11.6 Å². The van der Waals surface area contributed by atoms with Crippen LogP contribution in [0.3, 0.4) is 0 Å². The minimum atomic E-state index is -0.610. The maximum atomic E-state index is 12.6. The van der Waals surface area contributed by atoms with Crippen LogP contribution in [0.4, 0.5) is 5.69 Å². The number of esters is 1. The first-order valence-corrected chi connectivity index (χ1v) is 11.2. The van der Waals surface area contributed by atoms with Crippen LogP contribution in [-0.4, -0.2) is 29.0 Å². The molecule has 9 heteroatoms. The molecule has 168 valence electrons. The quantitative estimate of drug-likeness (QED) is 0.228. The standard InChI is InChI=1S/C23H25N3O5S/c1-4-5-14-30-22(28)17-8-10-18(11-9-17)24-20(27)16(3)32-21-23(29)31-25-26(21)19-12-6-15(2)7-13-19/h6-13,16H,4-5,14H2,1-3H3,(H-,24,25,27,28,29). The fourth-order valence-corrected chi connectivity index (χ4v) is 3.61. The van der Waals surface area contributed by atoms with Crippen LogP contribution in [0.15, 0.2) is 58.1 Å². The van der Waals surface area contributed by atoms with Crippen LogP contribution in [-0.2, 0) is 9.53 Å². The van der Waals surface area contributed by atoms with Crippen molar-refractivity contribution in [3.05, 3.63) is 59.7 Å². The number of benzene rings is 2. The van der Waals surface area contributed by atoms with Crippen LogP contribution in [0.5, 0.6) is 5.95 Å². The molecular weight excluding hydrogens is 430 g/mol. The molecule has 8 nitrogen and oxygen atoms in total. The van der Waals surface area contributed by atoms with Crippen molar-refractivity contribution in [1.82, 2.24) is 5.27 Å². The van der Waals surface area contributed by atoms with Crippen LogP contribution in [0.25, 0.3) is 5.69 Å². The molecule has 2 aromatic carbocycles. The third kappa shape index (κ3) is 5.88. The van der Waals surface area contributed by atoms with E-state index in [9.17, 15) is 14.7 Å².